The number of fused-ring (bicyclic) bond motifs is 1. The van der Waals surface area contributed by atoms with Gasteiger partial charge in [-0.2, -0.15) is 0 Å². The molecule has 0 bridgehead atoms. The van der Waals surface area contributed by atoms with Crippen LogP contribution < -0.4 is 14.8 Å². The first kappa shape index (κ1) is 29.6. The lowest BCUT2D eigenvalue weighted by Crippen LogP contribution is -2.54. The van der Waals surface area contributed by atoms with Crippen LogP contribution in [0.5, 0.6) is 11.5 Å². The second-order valence-corrected chi connectivity index (χ2v) is 11.4. The lowest BCUT2D eigenvalue weighted by atomic mass is 10.0. The number of nitrogens with one attached hydrogen (secondary N) is 1. The molecule has 41 heavy (non-hydrogen) atoms. The van der Waals surface area contributed by atoms with Gasteiger partial charge in [0, 0.05) is 29.5 Å². The summed E-state index contributed by atoms with van der Waals surface area (Å²) in [5, 5.41) is 13.4. The van der Waals surface area contributed by atoms with Gasteiger partial charge in [-0.1, -0.05) is 44.2 Å². The van der Waals surface area contributed by atoms with Crippen molar-refractivity contribution >= 4 is 28.9 Å². The number of likely N-dealkylation sites (tertiary alicyclic amines) is 1. The Morgan fingerprint density at radius 2 is 1.78 bits per heavy atom. The number of ether oxygens (including phenoxy) is 3. The van der Waals surface area contributed by atoms with E-state index >= 15 is 0 Å². The number of carbonyl (C=O) groups is 3. The van der Waals surface area contributed by atoms with E-state index in [4.69, 9.17) is 19.2 Å². The van der Waals surface area contributed by atoms with Gasteiger partial charge in [0.1, 0.15) is 35.3 Å². The molecule has 3 atom stereocenters. The summed E-state index contributed by atoms with van der Waals surface area (Å²) in [5.41, 5.74) is 1.48. The first-order chi connectivity index (χ1) is 19.4. The zero-order chi connectivity index (χ0) is 29.9. The fourth-order valence-corrected chi connectivity index (χ4v) is 4.82. The lowest BCUT2D eigenvalue weighted by Gasteiger charge is -2.30. The molecular formula is C31H37N3O7. The minimum atomic E-state index is -1.14. The zero-order valence-electron chi connectivity index (χ0n) is 24.2. The van der Waals surface area contributed by atoms with Crippen LogP contribution in [0.15, 0.2) is 54.6 Å². The number of nitrogens with zero attached hydrogens (tertiary/aromatic N) is 2. The summed E-state index contributed by atoms with van der Waals surface area (Å²) in [6, 6.07) is 14.8. The Morgan fingerprint density at radius 3 is 2.39 bits per heavy atom. The van der Waals surface area contributed by atoms with Crippen molar-refractivity contribution in [3.8, 4) is 22.8 Å². The van der Waals surface area contributed by atoms with Crippen molar-refractivity contribution in [1.29, 1.82) is 0 Å². The van der Waals surface area contributed by atoms with Crippen LogP contribution in [-0.2, 0) is 14.3 Å². The molecule has 2 aromatic carbocycles. The number of methoxy groups -OCH3 is 1. The van der Waals surface area contributed by atoms with Gasteiger partial charge in [0.05, 0.1) is 24.9 Å². The fourth-order valence-electron chi connectivity index (χ4n) is 4.82. The molecule has 1 fully saturated rings. The van der Waals surface area contributed by atoms with Crippen LogP contribution in [-0.4, -0.2) is 70.4 Å². The Hall–Kier alpha value is -4.34. The van der Waals surface area contributed by atoms with E-state index in [9.17, 15) is 19.5 Å². The van der Waals surface area contributed by atoms with Crippen molar-refractivity contribution in [3.63, 3.8) is 0 Å². The Morgan fingerprint density at radius 1 is 1.07 bits per heavy atom. The number of carboxylic acids is 1. The predicted octanol–water partition coefficient (Wildman–Crippen LogP) is 4.89. The molecule has 2 N–H and O–H groups in total. The quantitative estimate of drug-likeness (QED) is 0.397. The smallest absolute Gasteiger partial charge is 0.408 e. The monoisotopic (exact) mass is 563 g/mol. The van der Waals surface area contributed by atoms with Crippen molar-refractivity contribution in [3.05, 3.63) is 54.6 Å². The number of carbonyl (C=O) groups excluding carboxylic acids is 2. The molecule has 218 valence electrons. The van der Waals surface area contributed by atoms with Gasteiger partial charge in [0.15, 0.2) is 0 Å². The third-order valence-corrected chi connectivity index (χ3v) is 6.78. The average Bonchev–Trinajstić information content (AvgIpc) is 3.34. The van der Waals surface area contributed by atoms with Gasteiger partial charge >= 0.3 is 12.1 Å². The second kappa shape index (κ2) is 12.0. The van der Waals surface area contributed by atoms with Gasteiger partial charge in [-0.05, 0) is 38.8 Å². The van der Waals surface area contributed by atoms with E-state index < -0.39 is 41.8 Å². The van der Waals surface area contributed by atoms with E-state index in [0.717, 1.165) is 10.9 Å². The number of benzene rings is 2. The van der Waals surface area contributed by atoms with Gasteiger partial charge in [0.25, 0.3) is 0 Å². The highest BCUT2D eigenvalue weighted by atomic mass is 16.6. The average molecular weight is 564 g/mol. The first-order valence-corrected chi connectivity index (χ1v) is 13.6. The van der Waals surface area contributed by atoms with Crippen molar-refractivity contribution in [1.82, 2.24) is 15.2 Å². The Labute approximate surface area is 239 Å². The molecule has 0 saturated carbocycles. The number of aromatic nitrogens is 1. The fraction of sp³-hybridized carbons (Fsp3) is 0.419. The second-order valence-electron chi connectivity index (χ2n) is 11.4. The minimum Gasteiger partial charge on any atom is -0.497 e. The summed E-state index contributed by atoms with van der Waals surface area (Å²) in [6.07, 6.45) is -1.26. The number of amides is 2. The van der Waals surface area contributed by atoms with E-state index in [1.807, 2.05) is 48.5 Å². The molecule has 1 aromatic heterocycles. The molecule has 2 heterocycles. The number of alkyl carbamates (subject to hydrolysis) is 1. The highest BCUT2D eigenvalue weighted by molar-refractivity contribution is 5.91. The standard InChI is InChI=1S/C31H37N3O7/c1-18(2)27(33-30(38)41-31(3,4)5)28(35)34-17-21(15-25(34)29(36)37)40-26-16-23(19-10-8-7-9-11-19)32-24-14-20(39-6)12-13-22(24)26/h7-14,16,18,21,25,27H,15,17H2,1-6H3,(H,33,38)(H,36,37)/t21-,25+,27?/m1/s1. The number of rotatable bonds is 8. The number of aliphatic carboxylic acids is 1. The maximum Gasteiger partial charge on any atom is 0.408 e. The largest absolute Gasteiger partial charge is 0.497 e. The molecule has 4 rings (SSSR count). The molecule has 0 spiro atoms. The van der Waals surface area contributed by atoms with Gasteiger partial charge in [-0.15, -0.1) is 0 Å². The molecule has 1 unspecified atom stereocenters. The molecule has 0 radical (unpaired) electrons. The maximum atomic E-state index is 13.6. The Bertz CT molecular complexity index is 1420. The molecule has 2 amide bonds. The van der Waals surface area contributed by atoms with E-state index in [1.54, 1.807) is 47.8 Å². The molecule has 1 aliphatic rings. The summed E-state index contributed by atoms with van der Waals surface area (Å²) >= 11 is 0. The number of hydrogen-bond acceptors (Lipinski definition) is 7. The number of carboxylic acid groups (broad SMARTS) is 1. The van der Waals surface area contributed by atoms with E-state index in [1.165, 1.54) is 4.90 Å². The summed E-state index contributed by atoms with van der Waals surface area (Å²) in [7, 11) is 1.58. The minimum absolute atomic E-state index is 0.0374. The summed E-state index contributed by atoms with van der Waals surface area (Å²) in [6.45, 7) is 8.78. The molecular weight excluding hydrogens is 526 g/mol. The van der Waals surface area contributed by atoms with Gasteiger partial charge in [-0.3, -0.25) is 4.79 Å². The van der Waals surface area contributed by atoms with Crippen LogP contribution in [0, 0.1) is 5.92 Å². The molecule has 0 aliphatic carbocycles. The molecule has 10 nitrogen and oxygen atoms in total. The molecule has 1 aliphatic heterocycles. The third kappa shape index (κ3) is 7.06. The molecule has 10 heteroatoms. The highest BCUT2D eigenvalue weighted by Crippen LogP contribution is 2.34. The van der Waals surface area contributed by atoms with Crippen molar-refractivity contribution < 1.29 is 33.7 Å². The molecule has 1 saturated heterocycles. The summed E-state index contributed by atoms with van der Waals surface area (Å²) < 4.78 is 17.1. The van der Waals surface area contributed by atoms with Crippen LogP contribution in [0.25, 0.3) is 22.2 Å². The van der Waals surface area contributed by atoms with Crippen molar-refractivity contribution in [2.24, 2.45) is 5.92 Å². The van der Waals surface area contributed by atoms with Crippen molar-refractivity contribution in [2.75, 3.05) is 13.7 Å². The first-order valence-electron chi connectivity index (χ1n) is 13.6. The molecule has 3 aromatic rings. The third-order valence-electron chi connectivity index (χ3n) is 6.78. The number of pyridine rings is 1. The lowest BCUT2D eigenvalue weighted by molar-refractivity contribution is -0.149. The topological polar surface area (TPSA) is 127 Å². The summed E-state index contributed by atoms with van der Waals surface area (Å²) in [5.74, 6) is -0.789. The Kier molecular flexibility index (Phi) is 8.70. The van der Waals surface area contributed by atoms with Gasteiger partial charge < -0.3 is 29.5 Å². The van der Waals surface area contributed by atoms with E-state index in [-0.39, 0.29) is 18.9 Å². The van der Waals surface area contributed by atoms with E-state index in [0.29, 0.717) is 22.7 Å². The maximum absolute atomic E-state index is 13.6. The normalized spacial score (nSPS) is 17.8. The zero-order valence-corrected chi connectivity index (χ0v) is 24.2. The predicted molar refractivity (Wildman–Crippen MR) is 154 cm³/mol. The van der Waals surface area contributed by atoms with E-state index in [2.05, 4.69) is 5.32 Å². The van der Waals surface area contributed by atoms with Gasteiger partial charge in [-0.25, -0.2) is 14.6 Å². The van der Waals surface area contributed by atoms with Crippen LogP contribution in [0.1, 0.15) is 41.0 Å². The van der Waals surface area contributed by atoms with Crippen LogP contribution in [0.2, 0.25) is 0 Å². The number of hydrogen-bond donors (Lipinski definition) is 2. The summed E-state index contributed by atoms with van der Waals surface area (Å²) in [4.78, 5) is 44.4. The van der Waals surface area contributed by atoms with Crippen molar-refractivity contribution in [2.45, 2.75) is 64.8 Å². The SMILES string of the molecule is COc1ccc2c(O[C@@H]3C[C@@H](C(=O)O)N(C(=O)C(NC(=O)OC(C)(C)C)C(C)C)C3)cc(-c3ccccc3)nc2c1. The van der Waals surface area contributed by atoms with Crippen LogP contribution in [0.3, 0.4) is 0 Å². The van der Waals surface area contributed by atoms with Crippen LogP contribution >= 0.6 is 0 Å². The van der Waals surface area contributed by atoms with Gasteiger partial charge in [0.2, 0.25) is 5.91 Å². The highest BCUT2D eigenvalue weighted by Gasteiger charge is 2.44. The Balaban J connectivity index is 1.63. The van der Waals surface area contributed by atoms with Crippen LogP contribution in [0.4, 0.5) is 4.79 Å².